The average molecular weight is 210 g/mol. The van der Waals surface area contributed by atoms with Gasteiger partial charge in [0.2, 0.25) is 0 Å². The van der Waals surface area contributed by atoms with Crippen LogP contribution in [0.1, 0.15) is 15.9 Å². The van der Waals surface area contributed by atoms with Crippen molar-refractivity contribution in [3.8, 4) is 0 Å². The fourth-order valence-corrected chi connectivity index (χ4v) is 1.29. The van der Waals surface area contributed by atoms with Gasteiger partial charge in [0.1, 0.15) is 0 Å². The molecule has 14 heavy (non-hydrogen) atoms. The summed E-state index contributed by atoms with van der Waals surface area (Å²) < 4.78 is 0. The van der Waals surface area contributed by atoms with Crippen LogP contribution in [0.3, 0.4) is 0 Å². The summed E-state index contributed by atoms with van der Waals surface area (Å²) in [7, 11) is 0. The summed E-state index contributed by atoms with van der Waals surface area (Å²) in [6.45, 7) is 5.81. The Bertz CT molecular complexity index is 360. The first-order chi connectivity index (χ1) is 6.66. The molecule has 0 radical (unpaired) electrons. The molecule has 0 aliphatic carbocycles. The van der Waals surface area contributed by atoms with Crippen molar-refractivity contribution in [1.29, 1.82) is 0 Å². The highest BCUT2D eigenvalue weighted by atomic mass is 35.5. The lowest BCUT2D eigenvalue weighted by atomic mass is 10.1. The molecule has 0 fully saturated rings. The maximum Gasteiger partial charge on any atom is 0.251 e. The zero-order valence-corrected chi connectivity index (χ0v) is 8.77. The van der Waals surface area contributed by atoms with Crippen molar-refractivity contribution in [1.82, 2.24) is 5.32 Å². The van der Waals surface area contributed by atoms with Crippen molar-refractivity contribution in [2.45, 2.75) is 6.92 Å². The van der Waals surface area contributed by atoms with Crippen molar-refractivity contribution < 1.29 is 4.79 Å². The van der Waals surface area contributed by atoms with Crippen LogP contribution < -0.4 is 5.32 Å². The molecule has 0 saturated carbocycles. The third-order valence-electron chi connectivity index (χ3n) is 1.92. The van der Waals surface area contributed by atoms with Gasteiger partial charge in [-0.1, -0.05) is 23.7 Å². The summed E-state index contributed by atoms with van der Waals surface area (Å²) in [5.74, 6) is -0.120. The molecular formula is C11H12ClNO. The van der Waals surface area contributed by atoms with Crippen LogP contribution in [0.5, 0.6) is 0 Å². The van der Waals surface area contributed by atoms with E-state index in [9.17, 15) is 4.79 Å². The first kappa shape index (κ1) is 10.8. The van der Waals surface area contributed by atoms with Gasteiger partial charge in [0.15, 0.2) is 0 Å². The van der Waals surface area contributed by atoms with E-state index in [0.29, 0.717) is 17.1 Å². The van der Waals surface area contributed by atoms with E-state index < -0.39 is 0 Å². The summed E-state index contributed by atoms with van der Waals surface area (Å²) in [5.41, 5.74) is 1.41. The Morgan fingerprint density at radius 3 is 3.00 bits per heavy atom. The minimum Gasteiger partial charge on any atom is -0.349 e. The predicted octanol–water partition coefficient (Wildman–Crippen LogP) is 2.56. The third kappa shape index (κ3) is 2.36. The fraction of sp³-hybridized carbons (Fsp3) is 0.182. The minimum atomic E-state index is -0.120. The van der Waals surface area contributed by atoms with E-state index >= 15 is 0 Å². The van der Waals surface area contributed by atoms with Gasteiger partial charge in [0.25, 0.3) is 5.91 Å². The molecule has 1 aromatic carbocycles. The van der Waals surface area contributed by atoms with Gasteiger partial charge < -0.3 is 5.32 Å². The molecule has 74 valence electrons. The van der Waals surface area contributed by atoms with Gasteiger partial charge in [-0.15, -0.1) is 6.58 Å². The summed E-state index contributed by atoms with van der Waals surface area (Å²) >= 11 is 5.89. The molecule has 1 N–H and O–H groups in total. The van der Waals surface area contributed by atoms with Crippen LogP contribution in [0, 0.1) is 6.92 Å². The Labute approximate surface area is 88.6 Å². The molecule has 1 rings (SSSR count). The number of rotatable bonds is 3. The second-order valence-electron chi connectivity index (χ2n) is 2.91. The Morgan fingerprint density at radius 1 is 1.64 bits per heavy atom. The molecule has 0 heterocycles. The predicted molar refractivity (Wildman–Crippen MR) is 58.7 cm³/mol. The van der Waals surface area contributed by atoms with Gasteiger partial charge in [-0.2, -0.15) is 0 Å². The van der Waals surface area contributed by atoms with Crippen LogP contribution in [-0.4, -0.2) is 12.5 Å². The van der Waals surface area contributed by atoms with Crippen LogP contribution in [0.4, 0.5) is 0 Å². The monoisotopic (exact) mass is 209 g/mol. The second-order valence-corrected chi connectivity index (χ2v) is 3.32. The van der Waals surface area contributed by atoms with Crippen molar-refractivity contribution in [3.05, 3.63) is 47.0 Å². The lowest BCUT2D eigenvalue weighted by Crippen LogP contribution is -2.23. The van der Waals surface area contributed by atoms with Gasteiger partial charge in [0, 0.05) is 17.1 Å². The van der Waals surface area contributed by atoms with E-state index in [1.807, 2.05) is 6.92 Å². The van der Waals surface area contributed by atoms with Crippen molar-refractivity contribution in [2.24, 2.45) is 0 Å². The van der Waals surface area contributed by atoms with Crippen LogP contribution in [0.25, 0.3) is 0 Å². The number of carbonyl (C=O) groups excluding carboxylic acids is 1. The van der Waals surface area contributed by atoms with Crippen LogP contribution >= 0.6 is 11.6 Å². The van der Waals surface area contributed by atoms with Gasteiger partial charge in [0.05, 0.1) is 0 Å². The van der Waals surface area contributed by atoms with E-state index in [-0.39, 0.29) is 5.91 Å². The molecule has 2 nitrogen and oxygen atoms in total. The number of amides is 1. The highest BCUT2D eigenvalue weighted by Gasteiger charge is 2.08. The maximum atomic E-state index is 11.6. The smallest absolute Gasteiger partial charge is 0.251 e. The number of halogens is 1. The number of benzene rings is 1. The maximum absolute atomic E-state index is 11.6. The topological polar surface area (TPSA) is 29.1 Å². The average Bonchev–Trinajstić information content (AvgIpc) is 2.18. The van der Waals surface area contributed by atoms with E-state index in [2.05, 4.69) is 11.9 Å². The van der Waals surface area contributed by atoms with Crippen LogP contribution in [-0.2, 0) is 0 Å². The normalized spacial score (nSPS) is 9.57. The Balaban J connectivity index is 2.89. The van der Waals surface area contributed by atoms with E-state index in [4.69, 9.17) is 11.6 Å². The van der Waals surface area contributed by atoms with Crippen molar-refractivity contribution in [3.63, 3.8) is 0 Å². The molecule has 0 unspecified atom stereocenters. The van der Waals surface area contributed by atoms with E-state index in [1.54, 1.807) is 24.3 Å². The number of hydrogen-bond donors (Lipinski definition) is 1. The molecule has 1 aromatic rings. The Kier molecular flexibility index (Phi) is 3.72. The summed E-state index contributed by atoms with van der Waals surface area (Å²) in [6, 6.07) is 5.28. The lowest BCUT2D eigenvalue weighted by Gasteiger charge is -2.06. The SMILES string of the molecule is C=CCNC(=O)c1cccc(Cl)c1C. The molecule has 0 aliphatic heterocycles. The van der Waals surface area contributed by atoms with Crippen LogP contribution in [0.15, 0.2) is 30.9 Å². The molecule has 0 saturated heterocycles. The third-order valence-corrected chi connectivity index (χ3v) is 2.33. The summed E-state index contributed by atoms with van der Waals surface area (Å²) in [4.78, 5) is 11.6. The molecule has 0 atom stereocenters. The van der Waals surface area contributed by atoms with Gasteiger partial charge >= 0.3 is 0 Å². The quantitative estimate of drug-likeness (QED) is 0.762. The van der Waals surface area contributed by atoms with Gasteiger partial charge in [-0.3, -0.25) is 4.79 Å². The molecule has 3 heteroatoms. The van der Waals surface area contributed by atoms with Crippen molar-refractivity contribution in [2.75, 3.05) is 6.54 Å². The Hall–Kier alpha value is -1.28. The zero-order chi connectivity index (χ0) is 10.6. The molecule has 1 amide bonds. The first-order valence-corrected chi connectivity index (χ1v) is 4.69. The minimum absolute atomic E-state index is 0.120. The van der Waals surface area contributed by atoms with Crippen LogP contribution in [0.2, 0.25) is 5.02 Å². The first-order valence-electron chi connectivity index (χ1n) is 4.31. The lowest BCUT2D eigenvalue weighted by molar-refractivity contribution is 0.0957. The van der Waals surface area contributed by atoms with Crippen molar-refractivity contribution >= 4 is 17.5 Å². The summed E-state index contributed by atoms with van der Waals surface area (Å²) in [6.07, 6.45) is 1.64. The molecule has 0 spiro atoms. The van der Waals surface area contributed by atoms with Gasteiger partial charge in [-0.25, -0.2) is 0 Å². The summed E-state index contributed by atoms with van der Waals surface area (Å²) in [5, 5.41) is 3.31. The number of carbonyl (C=O) groups is 1. The van der Waals surface area contributed by atoms with E-state index in [0.717, 1.165) is 5.56 Å². The van der Waals surface area contributed by atoms with Gasteiger partial charge in [-0.05, 0) is 24.6 Å². The Morgan fingerprint density at radius 2 is 2.36 bits per heavy atom. The van der Waals surface area contributed by atoms with E-state index in [1.165, 1.54) is 0 Å². The zero-order valence-electron chi connectivity index (χ0n) is 8.01. The molecule has 0 aliphatic rings. The second kappa shape index (κ2) is 4.82. The number of nitrogens with one attached hydrogen (secondary N) is 1. The highest BCUT2D eigenvalue weighted by Crippen LogP contribution is 2.18. The fourth-order valence-electron chi connectivity index (χ4n) is 1.11. The largest absolute Gasteiger partial charge is 0.349 e. The highest BCUT2D eigenvalue weighted by molar-refractivity contribution is 6.31. The standard InChI is InChI=1S/C11H12ClNO/c1-3-7-13-11(14)9-5-4-6-10(12)8(9)2/h3-6H,1,7H2,2H3,(H,13,14). The molecular weight excluding hydrogens is 198 g/mol. The number of hydrogen-bond acceptors (Lipinski definition) is 1. The molecule has 0 bridgehead atoms. The molecule has 0 aromatic heterocycles.